The molecule has 2 unspecified atom stereocenters. The van der Waals surface area contributed by atoms with Crippen molar-refractivity contribution in [2.75, 3.05) is 11.9 Å². The van der Waals surface area contributed by atoms with E-state index in [2.05, 4.69) is 25.5 Å². The molecule has 0 radical (unpaired) electrons. The first-order valence-electron chi connectivity index (χ1n) is 10.5. The lowest BCUT2D eigenvalue weighted by molar-refractivity contribution is 0.107. The molecule has 3 N–H and O–H groups in total. The molecule has 2 aromatic heterocycles. The molecule has 9 heteroatoms. The molecule has 7 nitrogen and oxygen atoms in total. The fraction of sp³-hybridized carbons (Fsp3) is 0.409. The maximum atomic E-state index is 15.0. The largest absolute Gasteiger partial charge is 0.507 e. The second-order valence-corrected chi connectivity index (χ2v) is 8.34. The number of alkyl halides is 1. The number of nitrogens with one attached hydrogen (secondary N) is 2. The zero-order valence-corrected chi connectivity index (χ0v) is 17.1. The van der Waals surface area contributed by atoms with Gasteiger partial charge >= 0.3 is 0 Å². The summed E-state index contributed by atoms with van der Waals surface area (Å²) in [5, 5.41) is 20.3. The lowest BCUT2D eigenvalue weighted by Gasteiger charge is -2.46. The van der Waals surface area contributed by atoms with Crippen molar-refractivity contribution in [2.24, 2.45) is 0 Å². The number of nitrogens with zero attached hydrogens (tertiary/aromatic N) is 4. The maximum absolute atomic E-state index is 15.0. The van der Waals surface area contributed by atoms with Crippen LogP contribution in [0.15, 0.2) is 36.8 Å². The molecule has 3 aromatic rings. The molecular weight excluding hydrogens is 402 g/mol. The van der Waals surface area contributed by atoms with E-state index in [9.17, 15) is 9.50 Å². The van der Waals surface area contributed by atoms with Gasteiger partial charge in [0, 0.05) is 36.5 Å². The highest BCUT2D eigenvalue weighted by Crippen LogP contribution is 2.35. The predicted molar refractivity (Wildman–Crippen MR) is 113 cm³/mol. The SMILES string of the molecule is CN(c1cnc(-c2cc(F)c(-c3ccn[nH]3)cc2O)cn1)[C@H]1CC2CCCC(N2)[C@H]1F. The van der Waals surface area contributed by atoms with Gasteiger partial charge in [0.15, 0.2) is 0 Å². The molecular formula is C22H24F2N6O. The van der Waals surface area contributed by atoms with Crippen molar-refractivity contribution in [3.05, 3.63) is 42.6 Å². The van der Waals surface area contributed by atoms with Crippen LogP contribution in [0.2, 0.25) is 0 Å². The summed E-state index contributed by atoms with van der Waals surface area (Å²) in [7, 11) is 1.83. The minimum absolute atomic E-state index is 0.111. The molecule has 4 heterocycles. The van der Waals surface area contributed by atoms with Crippen molar-refractivity contribution < 1.29 is 13.9 Å². The number of H-pyrrole nitrogens is 1. The van der Waals surface area contributed by atoms with Gasteiger partial charge < -0.3 is 15.3 Å². The summed E-state index contributed by atoms with van der Waals surface area (Å²) in [6.45, 7) is 0. The average molecular weight is 426 g/mol. The molecule has 0 amide bonds. The van der Waals surface area contributed by atoms with Gasteiger partial charge in [0.05, 0.1) is 29.8 Å². The average Bonchev–Trinajstić information content (AvgIpc) is 3.32. The minimum atomic E-state index is -0.976. The smallest absolute Gasteiger partial charge is 0.147 e. The number of fused-ring (bicyclic) bond motifs is 2. The number of aromatic nitrogens is 4. The van der Waals surface area contributed by atoms with E-state index in [4.69, 9.17) is 0 Å². The van der Waals surface area contributed by atoms with E-state index in [1.807, 2.05) is 11.9 Å². The number of anilines is 1. The number of piperidine rings is 2. The van der Waals surface area contributed by atoms with Crippen LogP contribution < -0.4 is 10.2 Å². The van der Waals surface area contributed by atoms with Crippen molar-refractivity contribution in [1.82, 2.24) is 25.5 Å². The van der Waals surface area contributed by atoms with Crippen molar-refractivity contribution >= 4 is 5.82 Å². The molecule has 2 fully saturated rings. The number of phenols is 1. The van der Waals surface area contributed by atoms with Gasteiger partial charge in [0.2, 0.25) is 0 Å². The second-order valence-electron chi connectivity index (χ2n) is 8.34. The van der Waals surface area contributed by atoms with E-state index in [0.717, 1.165) is 25.7 Å². The number of aromatic amines is 1. The van der Waals surface area contributed by atoms with Crippen LogP contribution in [0.4, 0.5) is 14.6 Å². The Morgan fingerprint density at radius 3 is 2.77 bits per heavy atom. The zero-order valence-electron chi connectivity index (χ0n) is 17.1. The van der Waals surface area contributed by atoms with Gasteiger partial charge in [-0.3, -0.25) is 10.1 Å². The van der Waals surface area contributed by atoms with Crippen LogP contribution >= 0.6 is 0 Å². The fourth-order valence-electron chi connectivity index (χ4n) is 4.74. The van der Waals surface area contributed by atoms with E-state index in [1.54, 1.807) is 12.3 Å². The summed E-state index contributed by atoms with van der Waals surface area (Å²) in [4.78, 5) is 10.6. The van der Waals surface area contributed by atoms with Gasteiger partial charge in [0.25, 0.3) is 0 Å². The third kappa shape index (κ3) is 3.63. The summed E-state index contributed by atoms with van der Waals surface area (Å²) >= 11 is 0. The van der Waals surface area contributed by atoms with Crippen LogP contribution in [0.1, 0.15) is 25.7 Å². The highest BCUT2D eigenvalue weighted by Gasteiger charge is 2.41. The number of aromatic hydroxyl groups is 1. The zero-order chi connectivity index (χ0) is 21.5. The number of phenolic OH excluding ortho intramolecular Hbond substituents is 1. The van der Waals surface area contributed by atoms with Crippen molar-refractivity contribution in [2.45, 2.75) is 50.0 Å². The van der Waals surface area contributed by atoms with Gasteiger partial charge in [0.1, 0.15) is 23.6 Å². The maximum Gasteiger partial charge on any atom is 0.147 e. The number of benzene rings is 1. The van der Waals surface area contributed by atoms with E-state index in [1.165, 1.54) is 24.5 Å². The van der Waals surface area contributed by atoms with E-state index >= 15 is 4.39 Å². The monoisotopic (exact) mass is 426 g/mol. The third-order valence-corrected chi connectivity index (χ3v) is 6.44. The molecule has 0 aliphatic carbocycles. The Morgan fingerprint density at radius 2 is 2.03 bits per heavy atom. The molecule has 2 saturated heterocycles. The van der Waals surface area contributed by atoms with Crippen molar-refractivity contribution in [1.29, 1.82) is 0 Å². The number of hydrogen-bond donors (Lipinski definition) is 3. The first kappa shape index (κ1) is 19.9. The molecule has 0 saturated carbocycles. The molecule has 0 spiro atoms. The van der Waals surface area contributed by atoms with E-state index < -0.39 is 12.0 Å². The number of rotatable bonds is 4. The molecule has 4 atom stereocenters. The Bertz CT molecular complexity index is 1060. The Hall–Kier alpha value is -3.07. The Morgan fingerprint density at radius 1 is 1.16 bits per heavy atom. The van der Waals surface area contributed by atoms with Crippen LogP contribution in [0.5, 0.6) is 5.75 Å². The highest BCUT2D eigenvalue weighted by molar-refractivity contribution is 5.73. The Labute approximate surface area is 178 Å². The van der Waals surface area contributed by atoms with Crippen molar-refractivity contribution in [3.63, 3.8) is 0 Å². The normalized spacial score (nSPS) is 25.4. The molecule has 162 valence electrons. The summed E-state index contributed by atoms with van der Waals surface area (Å²) in [5.74, 6) is -0.0802. The molecule has 2 aliphatic rings. The molecule has 1 aromatic carbocycles. The number of halogens is 2. The molecule has 2 bridgehead atoms. The van der Waals surface area contributed by atoms with Gasteiger partial charge in [-0.25, -0.2) is 13.8 Å². The standard InChI is InChI=1S/C22H24F2N6O/c1-30(19-7-12-3-2-4-17(28-12)22(19)24)21-11-25-18(10-26-21)14-8-15(23)13(9-20(14)31)16-5-6-27-29-16/h5-6,8-12,17,19,22,28,31H,2-4,7H2,1H3,(H,27,29)/t12?,17?,19-,22+/m0/s1. The van der Waals surface area contributed by atoms with Gasteiger partial charge in [-0.05, 0) is 37.5 Å². The van der Waals surface area contributed by atoms with Crippen molar-refractivity contribution in [3.8, 4) is 28.3 Å². The van der Waals surface area contributed by atoms with Gasteiger partial charge in [-0.1, -0.05) is 6.42 Å². The minimum Gasteiger partial charge on any atom is -0.507 e. The first-order valence-corrected chi connectivity index (χ1v) is 10.5. The van der Waals surface area contributed by atoms with E-state index in [0.29, 0.717) is 23.2 Å². The quantitative estimate of drug-likeness (QED) is 0.592. The van der Waals surface area contributed by atoms with Gasteiger partial charge in [-0.15, -0.1) is 0 Å². The van der Waals surface area contributed by atoms with Crippen LogP contribution in [0.25, 0.3) is 22.5 Å². The molecule has 31 heavy (non-hydrogen) atoms. The summed E-state index contributed by atoms with van der Waals surface area (Å²) in [5.41, 5.74) is 1.26. The third-order valence-electron chi connectivity index (χ3n) is 6.44. The second kappa shape index (κ2) is 7.88. The first-order chi connectivity index (χ1) is 15.0. The summed E-state index contributed by atoms with van der Waals surface area (Å²) < 4.78 is 29.6. The van der Waals surface area contributed by atoms with Crippen LogP contribution in [-0.4, -0.2) is 56.6 Å². The summed E-state index contributed by atoms with van der Waals surface area (Å²) in [6.07, 6.45) is 7.26. The Kier molecular flexibility index (Phi) is 5.05. The van der Waals surface area contributed by atoms with Crippen LogP contribution in [0, 0.1) is 5.82 Å². The topological polar surface area (TPSA) is 90.0 Å². The number of hydrogen-bond acceptors (Lipinski definition) is 6. The Balaban J connectivity index is 1.38. The summed E-state index contributed by atoms with van der Waals surface area (Å²) in [6, 6.07) is 4.14. The fourth-order valence-corrected chi connectivity index (χ4v) is 4.74. The van der Waals surface area contributed by atoms with Crippen LogP contribution in [0.3, 0.4) is 0 Å². The van der Waals surface area contributed by atoms with Crippen LogP contribution in [-0.2, 0) is 0 Å². The lowest BCUT2D eigenvalue weighted by Crippen LogP contribution is -2.61. The van der Waals surface area contributed by atoms with E-state index in [-0.39, 0.29) is 29.0 Å². The predicted octanol–water partition coefficient (Wildman–Crippen LogP) is 3.44. The molecule has 5 rings (SSSR count). The highest BCUT2D eigenvalue weighted by atomic mass is 19.1. The lowest BCUT2D eigenvalue weighted by atomic mass is 9.82. The van der Waals surface area contributed by atoms with Gasteiger partial charge in [-0.2, -0.15) is 5.10 Å². The molecule has 2 aliphatic heterocycles.